The van der Waals surface area contributed by atoms with Gasteiger partial charge in [0, 0.05) is 24.7 Å². The Morgan fingerprint density at radius 1 is 1.32 bits per heavy atom. The van der Waals surface area contributed by atoms with E-state index in [1.807, 2.05) is 31.2 Å². The minimum atomic E-state index is -0.0704. The molecule has 0 spiro atoms. The van der Waals surface area contributed by atoms with Crippen molar-refractivity contribution in [3.05, 3.63) is 45.7 Å². The molecule has 5 nitrogen and oxygen atoms in total. The van der Waals surface area contributed by atoms with Crippen LogP contribution in [0.25, 0.3) is 11.3 Å². The van der Waals surface area contributed by atoms with Gasteiger partial charge in [0.15, 0.2) is 0 Å². The molecule has 2 aromatic rings. The van der Waals surface area contributed by atoms with Crippen molar-refractivity contribution in [2.45, 2.75) is 26.8 Å². The highest BCUT2D eigenvalue weighted by Gasteiger charge is 2.12. The quantitative estimate of drug-likeness (QED) is 0.832. The maximum absolute atomic E-state index is 12.2. The van der Waals surface area contributed by atoms with Gasteiger partial charge in [0.1, 0.15) is 5.75 Å². The van der Waals surface area contributed by atoms with E-state index >= 15 is 0 Å². The van der Waals surface area contributed by atoms with E-state index in [0.29, 0.717) is 12.1 Å². The SMILES string of the molecule is CCCNCc1cc(-c2cc(C)ccc2OC)nn(C)c1=O. The van der Waals surface area contributed by atoms with Gasteiger partial charge in [0.05, 0.1) is 12.8 Å². The number of ether oxygens (including phenoxy) is 1. The van der Waals surface area contributed by atoms with Gasteiger partial charge in [0.2, 0.25) is 0 Å². The topological polar surface area (TPSA) is 56.1 Å². The fraction of sp³-hybridized carbons (Fsp3) is 0.412. The summed E-state index contributed by atoms with van der Waals surface area (Å²) < 4.78 is 6.81. The van der Waals surface area contributed by atoms with E-state index in [2.05, 4.69) is 17.3 Å². The average Bonchev–Trinajstić information content (AvgIpc) is 2.51. The maximum atomic E-state index is 12.2. The molecule has 0 atom stereocenters. The molecular weight excluding hydrogens is 278 g/mol. The average molecular weight is 301 g/mol. The first-order chi connectivity index (χ1) is 10.6. The van der Waals surface area contributed by atoms with Crippen molar-refractivity contribution < 1.29 is 4.74 Å². The van der Waals surface area contributed by atoms with E-state index in [0.717, 1.165) is 35.5 Å². The van der Waals surface area contributed by atoms with Crippen LogP contribution < -0.4 is 15.6 Å². The standard InChI is InChI=1S/C17H23N3O2/c1-5-8-18-11-13-10-15(19-20(3)17(13)21)14-9-12(2)6-7-16(14)22-4/h6-7,9-10,18H,5,8,11H2,1-4H3. The molecule has 0 saturated heterocycles. The number of methoxy groups -OCH3 is 1. The van der Waals surface area contributed by atoms with E-state index in [-0.39, 0.29) is 5.56 Å². The van der Waals surface area contributed by atoms with Crippen LogP contribution in [-0.2, 0) is 13.6 Å². The van der Waals surface area contributed by atoms with Crippen molar-refractivity contribution in [3.8, 4) is 17.0 Å². The Labute approximate surface area is 130 Å². The lowest BCUT2D eigenvalue weighted by atomic mass is 10.1. The molecule has 1 aromatic heterocycles. The number of aryl methyl sites for hydroxylation is 2. The van der Waals surface area contributed by atoms with Gasteiger partial charge >= 0.3 is 0 Å². The molecule has 0 bridgehead atoms. The first-order valence-corrected chi connectivity index (χ1v) is 7.49. The second kappa shape index (κ2) is 7.22. The van der Waals surface area contributed by atoms with Gasteiger partial charge in [-0.25, -0.2) is 4.68 Å². The highest BCUT2D eigenvalue weighted by atomic mass is 16.5. The van der Waals surface area contributed by atoms with Crippen LogP contribution >= 0.6 is 0 Å². The zero-order valence-corrected chi connectivity index (χ0v) is 13.6. The number of aromatic nitrogens is 2. The molecular formula is C17H23N3O2. The summed E-state index contributed by atoms with van der Waals surface area (Å²) in [7, 11) is 3.32. The molecule has 0 fully saturated rings. The van der Waals surface area contributed by atoms with Gasteiger partial charge in [-0.05, 0) is 38.1 Å². The van der Waals surface area contributed by atoms with Crippen LogP contribution in [-0.4, -0.2) is 23.4 Å². The third-order valence-electron chi connectivity index (χ3n) is 3.51. The molecule has 0 aliphatic heterocycles. The molecule has 118 valence electrons. The number of benzene rings is 1. The van der Waals surface area contributed by atoms with Crippen molar-refractivity contribution in [2.24, 2.45) is 7.05 Å². The molecule has 0 radical (unpaired) electrons. The van der Waals surface area contributed by atoms with Crippen molar-refractivity contribution in [1.29, 1.82) is 0 Å². The van der Waals surface area contributed by atoms with E-state index in [4.69, 9.17) is 4.74 Å². The highest BCUT2D eigenvalue weighted by molar-refractivity contribution is 5.68. The fourth-order valence-electron chi connectivity index (χ4n) is 2.35. The molecule has 0 amide bonds. The number of hydrogen-bond acceptors (Lipinski definition) is 4. The van der Waals surface area contributed by atoms with Crippen molar-refractivity contribution in [2.75, 3.05) is 13.7 Å². The lowest BCUT2D eigenvalue weighted by molar-refractivity contribution is 0.416. The third kappa shape index (κ3) is 3.54. The van der Waals surface area contributed by atoms with Crippen LogP contribution in [0.5, 0.6) is 5.75 Å². The second-order valence-corrected chi connectivity index (χ2v) is 5.36. The Hall–Kier alpha value is -2.14. The Bertz CT molecular complexity index is 708. The van der Waals surface area contributed by atoms with E-state index in [1.54, 1.807) is 14.2 Å². The largest absolute Gasteiger partial charge is 0.496 e. The van der Waals surface area contributed by atoms with Gasteiger partial charge in [-0.1, -0.05) is 18.6 Å². The summed E-state index contributed by atoms with van der Waals surface area (Å²) in [5, 5.41) is 7.64. The van der Waals surface area contributed by atoms with Crippen LogP contribution in [0.2, 0.25) is 0 Å². The molecule has 1 aromatic carbocycles. The molecule has 0 aliphatic carbocycles. The van der Waals surface area contributed by atoms with Gasteiger partial charge in [0.25, 0.3) is 5.56 Å². The third-order valence-corrected chi connectivity index (χ3v) is 3.51. The predicted octanol–water partition coefficient (Wildman–Crippen LogP) is 2.26. The zero-order valence-electron chi connectivity index (χ0n) is 13.6. The summed E-state index contributed by atoms with van der Waals surface area (Å²) in [6.07, 6.45) is 1.03. The molecule has 5 heteroatoms. The smallest absolute Gasteiger partial charge is 0.271 e. The second-order valence-electron chi connectivity index (χ2n) is 5.36. The normalized spacial score (nSPS) is 10.7. The lowest BCUT2D eigenvalue weighted by Gasteiger charge is -2.12. The maximum Gasteiger partial charge on any atom is 0.271 e. The summed E-state index contributed by atoms with van der Waals surface area (Å²) in [6, 6.07) is 7.79. The summed E-state index contributed by atoms with van der Waals surface area (Å²) in [5.74, 6) is 0.754. The molecule has 22 heavy (non-hydrogen) atoms. The zero-order chi connectivity index (χ0) is 16.1. The van der Waals surface area contributed by atoms with Crippen molar-refractivity contribution >= 4 is 0 Å². The van der Waals surface area contributed by atoms with Crippen molar-refractivity contribution in [3.63, 3.8) is 0 Å². The Balaban J connectivity index is 2.48. The minimum Gasteiger partial charge on any atom is -0.496 e. The molecule has 2 rings (SSSR count). The number of nitrogens with zero attached hydrogens (tertiary/aromatic N) is 2. The first-order valence-electron chi connectivity index (χ1n) is 7.49. The molecule has 1 heterocycles. The number of nitrogens with one attached hydrogen (secondary N) is 1. The summed E-state index contributed by atoms with van der Waals surface area (Å²) in [6.45, 7) is 5.55. The van der Waals surface area contributed by atoms with Crippen LogP contribution in [0.3, 0.4) is 0 Å². The van der Waals surface area contributed by atoms with Crippen LogP contribution in [0.1, 0.15) is 24.5 Å². The highest BCUT2D eigenvalue weighted by Crippen LogP contribution is 2.29. The van der Waals surface area contributed by atoms with Crippen LogP contribution in [0, 0.1) is 6.92 Å². The summed E-state index contributed by atoms with van der Waals surface area (Å²) in [5.41, 5.74) is 3.41. The van der Waals surface area contributed by atoms with Gasteiger partial charge < -0.3 is 10.1 Å². The van der Waals surface area contributed by atoms with Gasteiger partial charge in [-0.15, -0.1) is 0 Å². The van der Waals surface area contributed by atoms with E-state index in [9.17, 15) is 4.79 Å². The van der Waals surface area contributed by atoms with E-state index in [1.165, 1.54) is 4.68 Å². The lowest BCUT2D eigenvalue weighted by Crippen LogP contribution is -2.27. The van der Waals surface area contributed by atoms with Crippen LogP contribution in [0.4, 0.5) is 0 Å². The van der Waals surface area contributed by atoms with Gasteiger partial charge in [-0.2, -0.15) is 5.10 Å². The fourth-order valence-corrected chi connectivity index (χ4v) is 2.35. The summed E-state index contributed by atoms with van der Waals surface area (Å²) in [4.78, 5) is 12.2. The predicted molar refractivity (Wildman–Crippen MR) is 88.2 cm³/mol. The van der Waals surface area contributed by atoms with Gasteiger partial charge in [-0.3, -0.25) is 4.79 Å². The monoisotopic (exact) mass is 301 g/mol. The van der Waals surface area contributed by atoms with Crippen molar-refractivity contribution in [1.82, 2.24) is 15.1 Å². The molecule has 1 N–H and O–H groups in total. The Kier molecular flexibility index (Phi) is 5.33. The molecule has 0 saturated carbocycles. The van der Waals surface area contributed by atoms with E-state index < -0.39 is 0 Å². The minimum absolute atomic E-state index is 0.0704. The number of hydrogen-bond donors (Lipinski definition) is 1. The van der Waals surface area contributed by atoms with Crippen LogP contribution in [0.15, 0.2) is 29.1 Å². The Morgan fingerprint density at radius 2 is 2.09 bits per heavy atom. The molecule has 0 aliphatic rings. The Morgan fingerprint density at radius 3 is 2.77 bits per heavy atom. The summed E-state index contributed by atoms with van der Waals surface area (Å²) >= 11 is 0. The first kappa shape index (κ1) is 16.2. The molecule has 0 unspecified atom stereocenters. The number of rotatable bonds is 6.